The Morgan fingerprint density at radius 3 is 2.31 bits per heavy atom. The van der Waals surface area contributed by atoms with E-state index < -0.39 is 11.4 Å². The van der Waals surface area contributed by atoms with Gasteiger partial charge >= 0.3 is 0 Å². The van der Waals surface area contributed by atoms with Crippen LogP contribution in [0.15, 0.2) is 42.5 Å². The number of likely N-dealkylation sites (tertiary alicyclic amines) is 1. The minimum atomic E-state index is -0.665. The second-order valence-corrected chi connectivity index (χ2v) is 8.50. The van der Waals surface area contributed by atoms with E-state index >= 15 is 0 Å². The predicted octanol–water partition coefficient (Wildman–Crippen LogP) is 4.66. The van der Waals surface area contributed by atoms with Gasteiger partial charge in [0.1, 0.15) is 11.6 Å². The molecule has 0 bridgehead atoms. The summed E-state index contributed by atoms with van der Waals surface area (Å²) in [5, 5.41) is 3.30. The lowest BCUT2D eigenvalue weighted by Crippen LogP contribution is -2.64. The highest BCUT2D eigenvalue weighted by Crippen LogP contribution is 2.39. The summed E-state index contributed by atoms with van der Waals surface area (Å²) in [7, 11) is 1.45. The van der Waals surface area contributed by atoms with Crippen molar-refractivity contribution in [1.82, 2.24) is 10.2 Å². The highest BCUT2D eigenvalue weighted by Gasteiger charge is 2.48. The lowest BCUT2D eigenvalue weighted by atomic mass is 9.74. The molecule has 1 atom stereocenters. The fraction of sp³-hybridized carbons (Fsp3) is 0.458. The van der Waals surface area contributed by atoms with Gasteiger partial charge in [0.15, 0.2) is 0 Å². The average Bonchev–Trinajstić information content (AvgIpc) is 3.23. The van der Waals surface area contributed by atoms with Crippen molar-refractivity contribution in [1.29, 1.82) is 0 Å². The fourth-order valence-corrected chi connectivity index (χ4v) is 4.40. The minimum Gasteiger partial charge on any atom is -0.496 e. The summed E-state index contributed by atoms with van der Waals surface area (Å²) in [4.78, 5) is 15.9. The number of amides is 1. The smallest absolute Gasteiger partial charge is 0.256 e. The number of benzene rings is 2. The van der Waals surface area contributed by atoms with Crippen LogP contribution in [0.25, 0.3) is 0 Å². The number of aryl methyl sites for hydroxylation is 1. The third kappa shape index (κ3) is 3.88. The molecule has 0 aliphatic carbocycles. The van der Waals surface area contributed by atoms with E-state index in [4.69, 9.17) is 4.74 Å². The number of rotatable bonds is 6. The molecule has 0 saturated carbocycles. The summed E-state index contributed by atoms with van der Waals surface area (Å²) in [5.74, 6) is -0.438. The Kier molecular flexibility index (Phi) is 5.99. The maximum Gasteiger partial charge on any atom is 0.256 e. The molecule has 1 unspecified atom stereocenters. The van der Waals surface area contributed by atoms with Crippen molar-refractivity contribution in [3.05, 3.63) is 65.0 Å². The first-order chi connectivity index (χ1) is 13.7. The number of hydrogen-bond acceptors (Lipinski definition) is 3. The van der Waals surface area contributed by atoms with E-state index in [9.17, 15) is 9.18 Å². The van der Waals surface area contributed by atoms with E-state index in [1.807, 2.05) is 30.3 Å². The van der Waals surface area contributed by atoms with Gasteiger partial charge in [-0.25, -0.2) is 4.39 Å². The molecule has 156 valence electrons. The van der Waals surface area contributed by atoms with Crippen molar-refractivity contribution in [2.75, 3.05) is 20.2 Å². The molecule has 2 aromatic rings. The van der Waals surface area contributed by atoms with Gasteiger partial charge in [-0.1, -0.05) is 30.3 Å². The Morgan fingerprint density at radius 2 is 1.72 bits per heavy atom. The van der Waals surface area contributed by atoms with Gasteiger partial charge in [-0.05, 0) is 70.8 Å². The summed E-state index contributed by atoms with van der Waals surface area (Å²) >= 11 is 0. The molecule has 1 fully saturated rings. The van der Waals surface area contributed by atoms with E-state index in [1.54, 1.807) is 6.92 Å². The monoisotopic (exact) mass is 398 g/mol. The van der Waals surface area contributed by atoms with Crippen LogP contribution >= 0.6 is 0 Å². The molecule has 1 saturated heterocycles. The fourth-order valence-electron chi connectivity index (χ4n) is 4.40. The van der Waals surface area contributed by atoms with Gasteiger partial charge in [0.2, 0.25) is 0 Å². The number of ether oxygens (including phenoxy) is 1. The quantitative estimate of drug-likeness (QED) is 0.769. The standard InChI is InChI=1S/C24H31FN2O2/c1-17-15-19(25)16-20(29-5)21(17)22(28)26-24(4,18-11-7-6-8-12-18)23(2,3)27-13-9-10-14-27/h6-8,11-12,15-16H,9-10,13-14H2,1-5H3,(H,26,28). The molecule has 1 heterocycles. The predicted molar refractivity (Wildman–Crippen MR) is 114 cm³/mol. The molecule has 2 aromatic carbocycles. The van der Waals surface area contributed by atoms with Crippen molar-refractivity contribution >= 4 is 5.91 Å². The zero-order valence-electron chi connectivity index (χ0n) is 18.0. The number of nitrogens with zero attached hydrogens (tertiary/aromatic N) is 1. The summed E-state index contributed by atoms with van der Waals surface area (Å²) in [6.45, 7) is 10.2. The Hall–Kier alpha value is -2.40. The molecule has 1 N–H and O–H groups in total. The molecule has 1 aliphatic rings. The number of carbonyl (C=O) groups is 1. The molecule has 3 rings (SSSR count). The van der Waals surface area contributed by atoms with E-state index in [0.29, 0.717) is 11.1 Å². The van der Waals surface area contributed by atoms with Crippen LogP contribution in [0, 0.1) is 12.7 Å². The molecule has 0 aromatic heterocycles. The van der Waals surface area contributed by atoms with Crippen molar-refractivity contribution in [3.8, 4) is 5.75 Å². The second kappa shape index (κ2) is 8.15. The zero-order valence-corrected chi connectivity index (χ0v) is 18.0. The second-order valence-electron chi connectivity index (χ2n) is 8.50. The molecule has 4 nitrogen and oxygen atoms in total. The molecule has 0 spiro atoms. The maximum atomic E-state index is 13.8. The van der Waals surface area contributed by atoms with E-state index in [0.717, 1.165) is 31.5 Å². The number of hydrogen-bond donors (Lipinski definition) is 1. The van der Waals surface area contributed by atoms with Crippen LogP contribution < -0.4 is 10.1 Å². The summed E-state index contributed by atoms with van der Waals surface area (Å²) in [5.41, 5.74) is 0.953. The molecule has 1 aliphatic heterocycles. The maximum absolute atomic E-state index is 13.8. The molecular formula is C24H31FN2O2. The van der Waals surface area contributed by atoms with Crippen molar-refractivity contribution < 1.29 is 13.9 Å². The molecule has 0 radical (unpaired) electrons. The minimum absolute atomic E-state index is 0.245. The van der Waals surface area contributed by atoms with Gasteiger partial charge < -0.3 is 10.1 Å². The first-order valence-corrected chi connectivity index (χ1v) is 10.2. The highest BCUT2D eigenvalue weighted by atomic mass is 19.1. The number of nitrogens with one attached hydrogen (secondary N) is 1. The first-order valence-electron chi connectivity index (χ1n) is 10.2. The van der Waals surface area contributed by atoms with Crippen molar-refractivity contribution in [2.24, 2.45) is 0 Å². The molecule has 1 amide bonds. The molecular weight excluding hydrogens is 367 g/mol. The first kappa shape index (κ1) is 21.3. The Labute approximate surface area is 173 Å². The third-order valence-corrected chi connectivity index (χ3v) is 6.55. The lowest BCUT2D eigenvalue weighted by Gasteiger charge is -2.50. The summed E-state index contributed by atoms with van der Waals surface area (Å²) in [6, 6.07) is 12.7. The van der Waals surface area contributed by atoms with Gasteiger partial charge in [0.05, 0.1) is 18.2 Å². The SMILES string of the molecule is COc1cc(F)cc(C)c1C(=O)NC(C)(c1ccccc1)C(C)(C)N1CCCC1. The normalized spacial score (nSPS) is 17.0. The van der Waals surface area contributed by atoms with Gasteiger partial charge in [-0.3, -0.25) is 9.69 Å². The number of methoxy groups -OCH3 is 1. The van der Waals surface area contributed by atoms with Crippen LogP contribution in [0.1, 0.15) is 55.1 Å². The molecule has 5 heteroatoms. The van der Waals surface area contributed by atoms with Crippen LogP contribution in [0.2, 0.25) is 0 Å². The van der Waals surface area contributed by atoms with Crippen LogP contribution in [-0.2, 0) is 5.54 Å². The van der Waals surface area contributed by atoms with Crippen molar-refractivity contribution in [3.63, 3.8) is 0 Å². The summed E-state index contributed by atoms with van der Waals surface area (Å²) in [6.07, 6.45) is 2.32. The average molecular weight is 399 g/mol. The van der Waals surface area contributed by atoms with E-state index in [1.165, 1.54) is 19.2 Å². The van der Waals surface area contributed by atoms with Gasteiger partial charge in [-0.2, -0.15) is 0 Å². The third-order valence-electron chi connectivity index (χ3n) is 6.55. The Balaban J connectivity index is 2.06. The van der Waals surface area contributed by atoms with Gasteiger partial charge in [-0.15, -0.1) is 0 Å². The largest absolute Gasteiger partial charge is 0.496 e. The Morgan fingerprint density at radius 1 is 1.10 bits per heavy atom. The van der Waals surface area contributed by atoms with Crippen LogP contribution in [-0.4, -0.2) is 36.5 Å². The van der Waals surface area contributed by atoms with Crippen LogP contribution in [0.3, 0.4) is 0 Å². The van der Waals surface area contributed by atoms with Crippen LogP contribution in [0.5, 0.6) is 5.75 Å². The number of carbonyl (C=O) groups excluding carboxylic acids is 1. The lowest BCUT2D eigenvalue weighted by molar-refractivity contribution is 0.0413. The number of halogens is 1. The van der Waals surface area contributed by atoms with E-state index in [-0.39, 0.29) is 17.2 Å². The highest BCUT2D eigenvalue weighted by molar-refractivity contribution is 5.99. The van der Waals surface area contributed by atoms with E-state index in [2.05, 4.69) is 31.0 Å². The van der Waals surface area contributed by atoms with Gasteiger partial charge in [0, 0.05) is 11.6 Å². The van der Waals surface area contributed by atoms with Crippen molar-refractivity contribution in [2.45, 2.75) is 51.6 Å². The summed E-state index contributed by atoms with van der Waals surface area (Å²) < 4.78 is 19.2. The zero-order chi connectivity index (χ0) is 21.2. The molecule has 29 heavy (non-hydrogen) atoms. The van der Waals surface area contributed by atoms with Gasteiger partial charge in [0.25, 0.3) is 5.91 Å². The topological polar surface area (TPSA) is 41.6 Å². The van der Waals surface area contributed by atoms with Crippen LogP contribution in [0.4, 0.5) is 4.39 Å². The Bertz CT molecular complexity index is 876.